The summed E-state index contributed by atoms with van der Waals surface area (Å²) in [6.07, 6.45) is 5.99. The summed E-state index contributed by atoms with van der Waals surface area (Å²) >= 11 is 5.31. The van der Waals surface area contributed by atoms with Gasteiger partial charge in [0, 0.05) is 123 Å². The van der Waals surface area contributed by atoms with Crippen molar-refractivity contribution in [1.29, 1.82) is 0 Å². The normalized spacial score (nSPS) is 11.2. The number of anilines is 4. The van der Waals surface area contributed by atoms with Crippen molar-refractivity contribution in [2.75, 3.05) is 47.8 Å². The molecule has 0 radical (unpaired) electrons. The first-order valence-electron chi connectivity index (χ1n) is 39.9. The molecule has 15 heteroatoms. The van der Waals surface area contributed by atoms with Gasteiger partial charge in [0.1, 0.15) is 28.8 Å². The van der Waals surface area contributed by atoms with E-state index in [1.165, 1.54) is 61.5 Å². The van der Waals surface area contributed by atoms with Gasteiger partial charge in [-0.05, 0) is 226 Å². The Morgan fingerprint density at radius 1 is 0.423 bits per heavy atom. The molecule has 0 aliphatic heterocycles. The Labute approximate surface area is 684 Å². The van der Waals surface area contributed by atoms with E-state index in [0.29, 0.717) is 66.3 Å². The van der Waals surface area contributed by atoms with Gasteiger partial charge in [-0.15, -0.1) is 11.8 Å². The fourth-order valence-corrected chi connectivity index (χ4v) is 12.2. The Kier molecular flexibility index (Phi) is 48.8. The molecular formula is C96H139BrN10O3S. The molecule has 10 aromatic rings. The topological polar surface area (TPSA) is 150 Å². The van der Waals surface area contributed by atoms with E-state index in [1.54, 1.807) is 14.2 Å². The average Bonchev–Trinajstić information content (AvgIpc) is 0.850. The average molecular weight is 1590 g/mol. The highest BCUT2D eigenvalue weighted by Crippen LogP contribution is 2.28. The maximum absolute atomic E-state index is 5.71. The molecule has 2 aromatic heterocycles. The van der Waals surface area contributed by atoms with Gasteiger partial charge in [0.2, 0.25) is 0 Å². The van der Waals surface area contributed by atoms with E-state index in [4.69, 9.17) is 14.2 Å². The maximum Gasteiger partial charge on any atom is 0.129 e. The van der Waals surface area contributed by atoms with Gasteiger partial charge in [-0.1, -0.05) is 213 Å². The standard InChI is InChI=1S/C15H17NO.C14H18N2S.C12H19NO.C12H19N.C11H16BrN.C11H18N2.C11H17NO.C10H15N/c1-12(2)16-13-8-10-15(11-9-13)17-14-6-4-3-5-7-14;1-11(2)15-9-10-17-14-7-8-16-13-6-4-3-5-12(13)14;1-9(2)13-10(3)11-6-5-7-12(8-11)14-4;1-9(2)11-7-5-6-8-12(11)13-10(3)4;1-8(2)13-9(3)10-4-6-11(12)7-5-10;1-4-6-10-7-5-8-12-11(10)13-9(2)3;1-9(2)12-8-10-5-4-6-11(7-10)13-3;1-8(2)11-10-6-4-9(3)5-7-10/h3-12,16H,1-2H3;3-8,11,15H,9-10H2,1-2H3;5-10,13H,1-4H3;5-10,13H,1-4H3;4-9,13H,1-3H3;5,7-9H,4,6H2,1-3H3,(H,12,13);4-7,9,12H,8H2,1-3H3;4-8,11H,1-3H3/t;;10-;;;;;/m..1...../s1. The molecule has 0 bridgehead atoms. The van der Waals surface area contributed by atoms with Crippen LogP contribution in [0.5, 0.6) is 23.0 Å². The molecule has 0 aliphatic carbocycles. The lowest BCUT2D eigenvalue weighted by atomic mass is 10.0. The van der Waals surface area contributed by atoms with E-state index >= 15 is 0 Å². The van der Waals surface area contributed by atoms with Crippen LogP contribution >= 0.6 is 27.7 Å². The molecule has 8 aromatic carbocycles. The van der Waals surface area contributed by atoms with Crippen LogP contribution in [0.4, 0.5) is 22.9 Å². The molecule has 0 amide bonds. The van der Waals surface area contributed by atoms with Gasteiger partial charge in [0.15, 0.2) is 0 Å². The third-order valence-electron chi connectivity index (χ3n) is 16.2. The first kappa shape index (κ1) is 96.8. The quantitative estimate of drug-likeness (QED) is 0.0166. The number of benzene rings is 8. The summed E-state index contributed by atoms with van der Waals surface area (Å²) in [5.41, 5.74) is 12.5. The number of hydrogen-bond acceptors (Lipinski definition) is 14. The Hall–Kier alpha value is -8.41. The molecule has 1 unspecified atom stereocenters. The predicted molar refractivity (Wildman–Crippen MR) is 489 cm³/mol. The molecule has 111 heavy (non-hydrogen) atoms. The van der Waals surface area contributed by atoms with Gasteiger partial charge in [-0.3, -0.25) is 4.98 Å². The SMILES string of the molecule is CC(C)NC(C)c1ccc(Br)cc1.CC(C)NCCSc1ccnc2ccccc12.CC(C)Nc1ccc(Oc2ccccc2)cc1.CC(C)Nc1ccccc1C(C)C.CCCc1cccnc1NC(C)C.COc1cccc(CNC(C)C)c1.COc1cccc([C@@H](C)NC(C)C)c1.Cc1ccc(NC(C)C)cc1. The number of rotatable bonds is 29. The second-order valence-electron chi connectivity index (χ2n) is 30.1. The molecule has 10 rings (SSSR count). The molecule has 13 nitrogen and oxygen atoms in total. The van der Waals surface area contributed by atoms with Crippen molar-refractivity contribution in [3.63, 3.8) is 0 Å². The second kappa shape index (κ2) is 55.9. The molecule has 0 saturated heterocycles. The van der Waals surface area contributed by atoms with Crippen LogP contribution in [0.2, 0.25) is 0 Å². The number of halogens is 1. The molecule has 0 fully saturated rings. The zero-order chi connectivity index (χ0) is 82.0. The van der Waals surface area contributed by atoms with E-state index in [0.717, 1.165) is 69.8 Å². The molecule has 8 N–H and O–H groups in total. The second-order valence-corrected chi connectivity index (χ2v) is 32.1. The molecule has 2 heterocycles. The van der Waals surface area contributed by atoms with E-state index in [1.807, 2.05) is 115 Å². The molecule has 0 spiro atoms. The summed E-state index contributed by atoms with van der Waals surface area (Å²) in [4.78, 5) is 10.0. The number of ether oxygens (including phenoxy) is 3. The van der Waals surface area contributed by atoms with Crippen LogP contribution < -0.4 is 56.7 Å². The van der Waals surface area contributed by atoms with Crippen molar-refractivity contribution in [1.82, 2.24) is 31.2 Å². The molecular weight excluding hydrogens is 1450 g/mol. The minimum Gasteiger partial charge on any atom is -0.497 e. The van der Waals surface area contributed by atoms with Crippen LogP contribution in [0, 0.1) is 6.92 Å². The highest BCUT2D eigenvalue weighted by Gasteiger charge is 2.11. The van der Waals surface area contributed by atoms with E-state index in [9.17, 15) is 0 Å². The summed E-state index contributed by atoms with van der Waals surface area (Å²) in [6, 6.07) is 78.8. The van der Waals surface area contributed by atoms with Gasteiger partial charge >= 0.3 is 0 Å². The van der Waals surface area contributed by atoms with Crippen LogP contribution in [0.15, 0.2) is 240 Å². The number of nitrogens with one attached hydrogen (secondary N) is 8. The fourth-order valence-electron chi connectivity index (χ4n) is 11.0. The number of fused-ring (bicyclic) bond motifs is 1. The van der Waals surface area contributed by atoms with Crippen LogP contribution in [0.25, 0.3) is 10.9 Å². The minimum absolute atomic E-state index is 0.366. The lowest BCUT2D eigenvalue weighted by Gasteiger charge is -2.17. The summed E-state index contributed by atoms with van der Waals surface area (Å²) in [6.45, 7) is 49.4. The largest absolute Gasteiger partial charge is 0.497 e. The Morgan fingerprint density at radius 2 is 0.946 bits per heavy atom. The monoisotopic (exact) mass is 1590 g/mol. The van der Waals surface area contributed by atoms with Gasteiger partial charge in [0.05, 0.1) is 19.7 Å². The number of hydrogen-bond donors (Lipinski definition) is 8. The van der Waals surface area contributed by atoms with Gasteiger partial charge in [0.25, 0.3) is 0 Å². The van der Waals surface area contributed by atoms with Crippen LogP contribution in [0.1, 0.15) is 203 Å². The Morgan fingerprint density at radius 3 is 1.50 bits per heavy atom. The number of aryl methyl sites for hydroxylation is 2. The number of nitrogens with zero attached hydrogens (tertiary/aromatic N) is 2. The maximum atomic E-state index is 5.71. The highest BCUT2D eigenvalue weighted by molar-refractivity contribution is 9.10. The lowest BCUT2D eigenvalue weighted by Crippen LogP contribution is -2.25. The summed E-state index contributed by atoms with van der Waals surface area (Å²) in [5, 5.41) is 28.4. The summed E-state index contributed by atoms with van der Waals surface area (Å²) in [7, 11) is 3.38. The number of aromatic nitrogens is 2. The zero-order valence-electron chi connectivity index (χ0n) is 71.7. The van der Waals surface area contributed by atoms with Crippen molar-refractivity contribution in [2.24, 2.45) is 0 Å². The predicted octanol–water partition coefficient (Wildman–Crippen LogP) is 25.4. The number of para-hydroxylation sites is 3. The summed E-state index contributed by atoms with van der Waals surface area (Å²) < 4.78 is 17.2. The van der Waals surface area contributed by atoms with E-state index < -0.39 is 0 Å². The van der Waals surface area contributed by atoms with Crippen molar-refractivity contribution in [3.8, 4) is 23.0 Å². The lowest BCUT2D eigenvalue weighted by molar-refractivity contribution is 0.412. The Bertz CT molecular complexity index is 4000. The molecule has 604 valence electrons. The van der Waals surface area contributed by atoms with Crippen LogP contribution in [-0.4, -0.2) is 84.8 Å². The van der Waals surface area contributed by atoms with E-state index in [-0.39, 0.29) is 0 Å². The van der Waals surface area contributed by atoms with Gasteiger partial charge in [-0.25, -0.2) is 4.98 Å². The van der Waals surface area contributed by atoms with Crippen LogP contribution in [0.3, 0.4) is 0 Å². The van der Waals surface area contributed by atoms with Crippen molar-refractivity contribution < 1.29 is 14.2 Å². The smallest absolute Gasteiger partial charge is 0.129 e. The van der Waals surface area contributed by atoms with Crippen molar-refractivity contribution in [2.45, 2.75) is 243 Å². The first-order chi connectivity index (χ1) is 53.0. The number of pyridine rings is 2. The third-order valence-corrected chi connectivity index (χ3v) is 17.8. The molecule has 2 atom stereocenters. The summed E-state index contributed by atoms with van der Waals surface area (Å²) in [5.74, 6) is 6.26. The Balaban J connectivity index is 0.000000330. The fraction of sp³-hybridized carbons (Fsp3) is 0.417. The first-order valence-corrected chi connectivity index (χ1v) is 41.7. The van der Waals surface area contributed by atoms with Gasteiger partial charge in [-0.2, -0.15) is 0 Å². The third kappa shape index (κ3) is 43.8. The molecule has 0 aliphatic rings. The van der Waals surface area contributed by atoms with E-state index in [2.05, 4.69) is 348 Å². The van der Waals surface area contributed by atoms with Crippen molar-refractivity contribution in [3.05, 3.63) is 269 Å². The highest BCUT2D eigenvalue weighted by atomic mass is 79.9. The molecule has 0 saturated carbocycles. The van der Waals surface area contributed by atoms with Crippen molar-refractivity contribution >= 4 is 61.5 Å². The van der Waals surface area contributed by atoms with Gasteiger partial charge < -0.3 is 56.7 Å². The minimum atomic E-state index is 0.366. The number of thioether (sulfide) groups is 1. The van der Waals surface area contributed by atoms with Crippen LogP contribution in [-0.2, 0) is 13.0 Å². The zero-order valence-corrected chi connectivity index (χ0v) is 74.1. The number of methoxy groups -OCH3 is 2.